The molecular formula is C10H13NOS. The molecule has 70 valence electrons. The van der Waals surface area contributed by atoms with Gasteiger partial charge in [0.05, 0.1) is 5.00 Å². The first-order chi connectivity index (χ1) is 6.09. The summed E-state index contributed by atoms with van der Waals surface area (Å²) in [5.74, 6) is 0.761. The highest BCUT2D eigenvalue weighted by Gasteiger charge is 2.26. The Labute approximate surface area is 81.8 Å². The lowest BCUT2D eigenvalue weighted by Gasteiger charge is -2.16. The summed E-state index contributed by atoms with van der Waals surface area (Å²) in [7, 11) is 0. The third-order valence-electron chi connectivity index (χ3n) is 2.60. The molecule has 0 aliphatic heterocycles. The Morgan fingerprint density at radius 3 is 2.85 bits per heavy atom. The van der Waals surface area contributed by atoms with Gasteiger partial charge in [0.25, 0.3) is 0 Å². The van der Waals surface area contributed by atoms with Crippen LogP contribution in [0.1, 0.15) is 34.1 Å². The molecule has 0 amide bonds. The summed E-state index contributed by atoms with van der Waals surface area (Å²) < 4.78 is 0. The summed E-state index contributed by atoms with van der Waals surface area (Å²) in [5.41, 5.74) is 7.71. The number of nitrogens with two attached hydrogens (primary N) is 1. The van der Waals surface area contributed by atoms with Gasteiger partial charge in [0.1, 0.15) is 0 Å². The molecule has 1 unspecified atom stereocenters. The standard InChI is InChI=1S/C10H13NOS/c1-5-3-7(12)9-6(2)10(11)13-8(9)4-5/h5H,3-4,11H2,1-2H3. The van der Waals surface area contributed by atoms with Crippen molar-refractivity contribution in [2.24, 2.45) is 5.92 Å². The molecule has 13 heavy (non-hydrogen) atoms. The number of rotatable bonds is 0. The van der Waals surface area contributed by atoms with Gasteiger partial charge in [-0.25, -0.2) is 0 Å². The number of hydrogen-bond donors (Lipinski definition) is 1. The van der Waals surface area contributed by atoms with Crippen LogP contribution in [-0.4, -0.2) is 5.78 Å². The molecule has 0 bridgehead atoms. The van der Waals surface area contributed by atoms with Crippen molar-refractivity contribution in [3.63, 3.8) is 0 Å². The molecule has 1 atom stereocenters. The average molecular weight is 195 g/mol. The van der Waals surface area contributed by atoms with Crippen molar-refractivity contribution in [1.82, 2.24) is 0 Å². The van der Waals surface area contributed by atoms with E-state index in [9.17, 15) is 4.79 Å². The van der Waals surface area contributed by atoms with Crippen molar-refractivity contribution in [2.45, 2.75) is 26.7 Å². The fourth-order valence-electron chi connectivity index (χ4n) is 1.91. The highest BCUT2D eigenvalue weighted by molar-refractivity contribution is 7.16. The Hall–Kier alpha value is -0.830. The second-order valence-electron chi connectivity index (χ2n) is 3.83. The van der Waals surface area contributed by atoms with Crippen LogP contribution >= 0.6 is 11.3 Å². The molecule has 1 aliphatic rings. The molecule has 1 aromatic rings. The van der Waals surface area contributed by atoms with Gasteiger partial charge in [0.15, 0.2) is 5.78 Å². The zero-order valence-corrected chi connectivity index (χ0v) is 8.70. The van der Waals surface area contributed by atoms with Crippen LogP contribution in [0.5, 0.6) is 0 Å². The summed E-state index contributed by atoms with van der Waals surface area (Å²) in [6.45, 7) is 4.06. The van der Waals surface area contributed by atoms with E-state index in [-0.39, 0.29) is 5.78 Å². The van der Waals surface area contributed by atoms with E-state index in [0.29, 0.717) is 12.3 Å². The normalized spacial score (nSPS) is 21.7. The molecule has 2 nitrogen and oxygen atoms in total. The van der Waals surface area contributed by atoms with Crippen LogP contribution in [-0.2, 0) is 6.42 Å². The zero-order chi connectivity index (χ0) is 9.59. The highest BCUT2D eigenvalue weighted by atomic mass is 32.1. The van der Waals surface area contributed by atoms with Gasteiger partial charge < -0.3 is 5.73 Å². The largest absolute Gasteiger partial charge is 0.390 e. The number of thiophene rings is 1. The molecule has 0 saturated carbocycles. The first-order valence-electron chi connectivity index (χ1n) is 4.50. The predicted octanol–water partition coefficient (Wildman–Crippen LogP) is 2.40. The first kappa shape index (κ1) is 8.75. The van der Waals surface area contributed by atoms with Gasteiger partial charge in [0, 0.05) is 16.9 Å². The summed E-state index contributed by atoms with van der Waals surface area (Å²) >= 11 is 1.58. The van der Waals surface area contributed by atoms with E-state index in [2.05, 4.69) is 6.92 Å². The molecule has 0 fully saturated rings. The Kier molecular flexibility index (Phi) is 1.91. The van der Waals surface area contributed by atoms with Gasteiger partial charge in [-0.3, -0.25) is 4.79 Å². The van der Waals surface area contributed by atoms with E-state index < -0.39 is 0 Å². The predicted molar refractivity (Wildman–Crippen MR) is 55.3 cm³/mol. The third-order valence-corrected chi connectivity index (χ3v) is 3.75. The summed E-state index contributed by atoms with van der Waals surface area (Å²) in [5, 5.41) is 0.812. The lowest BCUT2D eigenvalue weighted by Crippen LogP contribution is -2.16. The van der Waals surface area contributed by atoms with Gasteiger partial charge in [-0.15, -0.1) is 11.3 Å². The van der Waals surface area contributed by atoms with Crippen molar-refractivity contribution < 1.29 is 4.79 Å². The number of hydrogen-bond acceptors (Lipinski definition) is 3. The fraction of sp³-hybridized carbons (Fsp3) is 0.500. The van der Waals surface area contributed by atoms with Crippen LogP contribution in [0.3, 0.4) is 0 Å². The van der Waals surface area contributed by atoms with E-state index in [1.54, 1.807) is 11.3 Å². The number of Topliss-reactive ketones (excluding diaryl/α,β-unsaturated/α-hetero) is 1. The van der Waals surface area contributed by atoms with Crippen molar-refractivity contribution in [3.05, 3.63) is 16.0 Å². The van der Waals surface area contributed by atoms with Crippen molar-refractivity contribution in [1.29, 1.82) is 0 Å². The summed E-state index contributed by atoms with van der Waals surface area (Å²) in [6.07, 6.45) is 1.70. The number of anilines is 1. The number of carbonyl (C=O) groups is 1. The van der Waals surface area contributed by atoms with Gasteiger partial charge in [0.2, 0.25) is 0 Å². The first-order valence-corrected chi connectivity index (χ1v) is 5.32. The van der Waals surface area contributed by atoms with Crippen molar-refractivity contribution >= 4 is 22.1 Å². The molecule has 2 rings (SSSR count). The van der Waals surface area contributed by atoms with Crippen molar-refractivity contribution in [2.75, 3.05) is 5.73 Å². The summed E-state index contributed by atoms with van der Waals surface area (Å²) in [4.78, 5) is 12.9. The lowest BCUT2D eigenvalue weighted by atomic mass is 9.88. The van der Waals surface area contributed by atoms with Crippen LogP contribution in [0.15, 0.2) is 0 Å². The minimum Gasteiger partial charge on any atom is -0.390 e. The zero-order valence-electron chi connectivity index (χ0n) is 7.89. The summed E-state index contributed by atoms with van der Waals surface area (Å²) in [6, 6.07) is 0. The van der Waals surface area contributed by atoms with E-state index in [1.165, 1.54) is 4.88 Å². The maximum absolute atomic E-state index is 11.7. The van der Waals surface area contributed by atoms with Crippen LogP contribution in [0, 0.1) is 12.8 Å². The monoisotopic (exact) mass is 195 g/mol. The van der Waals surface area contributed by atoms with Crippen LogP contribution < -0.4 is 5.73 Å². The third kappa shape index (κ3) is 1.27. The van der Waals surface area contributed by atoms with Crippen molar-refractivity contribution in [3.8, 4) is 0 Å². The second-order valence-corrected chi connectivity index (χ2v) is 4.96. The van der Waals surface area contributed by atoms with E-state index >= 15 is 0 Å². The maximum Gasteiger partial charge on any atom is 0.164 e. The topological polar surface area (TPSA) is 43.1 Å². The van der Waals surface area contributed by atoms with Crippen LogP contribution in [0.2, 0.25) is 0 Å². The SMILES string of the molecule is Cc1c(N)sc2c1C(=O)CC(C)C2. The molecule has 3 heteroatoms. The average Bonchev–Trinajstić information content (AvgIpc) is 2.27. The smallest absolute Gasteiger partial charge is 0.164 e. The molecule has 1 heterocycles. The van der Waals surface area contributed by atoms with Gasteiger partial charge >= 0.3 is 0 Å². The number of nitrogen functional groups attached to an aromatic ring is 1. The van der Waals surface area contributed by atoms with Gasteiger partial charge in [-0.2, -0.15) is 0 Å². The number of carbonyl (C=O) groups excluding carboxylic acids is 1. The molecule has 0 spiro atoms. The quantitative estimate of drug-likeness (QED) is 0.690. The second kappa shape index (κ2) is 2.84. The Morgan fingerprint density at radius 2 is 2.15 bits per heavy atom. The highest BCUT2D eigenvalue weighted by Crippen LogP contribution is 2.37. The van der Waals surface area contributed by atoms with E-state index in [4.69, 9.17) is 5.73 Å². The fourth-order valence-corrected chi connectivity index (χ4v) is 3.17. The lowest BCUT2D eigenvalue weighted by molar-refractivity contribution is 0.0954. The maximum atomic E-state index is 11.7. The molecule has 2 N–H and O–H groups in total. The molecule has 1 aromatic heterocycles. The van der Waals surface area contributed by atoms with E-state index in [1.807, 2.05) is 6.92 Å². The van der Waals surface area contributed by atoms with Crippen LogP contribution in [0.25, 0.3) is 0 Å². The van der Waals surface area contributed by atoms with Gasteiger partial charge in [-0.1, -0.05) is 6.92 Å². The minimum atomic E-state index is 0.277. The molecule has 0 saturated heterocycles. The Bertz CT molecular complexity index is 367. The molecule has 0 aromatic carbocycles. The Balaban J connectivity index is 2.55. The number of ketones is 1. The Morgan fingerprint density at radius 1 is 1.46 bits per heavy atom. The molecular weight excluding hydrogens is 182 g/mol. The van der Waals surface area contributed by atoms with Gasteiger partial charge in [-0.05, 0) is 24.8 Å². The van der Waals surface area contributed by atoms with Crippen LogP contribution in [0.4, 0.5) is 5.00 Å². The molecule has 1 aliphatic carbocycles. The van der Waals surface area contributed by atoms with E-state index in [0.717, 1.165) is 22.5 Å². The minimum absolute atomic E-state index is 0.277. The number of fused-ring (bicyclic) bond motifs is 1. The molecule has 0 radical (unpaired) electrons.